The first-order chi connectivity index (χ1) is 15.3. The van der Waals surface area contributed by atoms with E-state index in [1.807, 2.05) is 20.8 Å². The number of halogens is 3. The Bertz CT molecular complexity index is 1020. The van der Waals surface area contributed by atoms with Crippen LogP contribution in [-0.4, -0.2) is 23.2 Å². The molecule has 0 aliphatic heterocycles. The standard InChI is InChI=1S/C23H25F3N4O2/c1-4-31-17-11-9-16(10-12-17)28-22-27-13-18(23(24,25)26)21(30-22)29-19-7-5-6-8-20(19)32-14-15(2)3/h5-13,15H,4,14H2,1-3H3,(H2,27,28,29,30). The average molecular weight is 446 g/mol. The largest absolute Gasteiger partial charge is 0.494 e. The van der Waals surface area contributed by atoms with E-state index in [4.69, 9.17) is 9.47 Å². The van der Waals surface area contributed by atoms with Crippen molar-refractivity contribution in [3.05, 3.63) is 60.3 Å². The van der Waals surface area contributed by atoms with Crippen LogP contribution >= 0.6 is 0 Å². The maximum atomic E-state index is 13.6. The molecule has 0 amide bonds. The van der Waals surface area contributed by atoms with Crippen LogP contribution in [0.5, 0.6) is 11.5 Å². The predicted molar refractivity (Wildman–Crippen MR) is 118 cm³/mol. The maximum absolute atomic E-state index is 13.6. The number of alkyl halides is 3. The van der Waals surface area contributed by atoms with E-state index in [0.29, 0.717) is 36.1 Å². The normalized spacial score (nSPS) is 11.3. The van der Waals surface area contributed by atoms with E-state index in [9.17, 15) is 13.2 Å². The zero-order valence-electron chi connectivity index (χ0n) is 18.0. The number of ether oxygens (including phenoxy) is 2. The van der Waals surface area contributed by atoms with Crippen LogP contribution in [0.2, 0.25) is 0 Å². The number of para-hydroxylation sites is 2. The van der Waals surface area contributed by atoms with Crippen LogP contribution in [0.25, 0.3) is 0 Å². The Hall–Kier alpha value is -3.49. The van der Waals surface area contributed by atoms with Crippen molar-refractivity contribution in [1.82, 2.24) is 9.97 Å². The molecule has 9 heteroatoms. The lowest BCUT2D eigenvalue weighted by Gasteiger charge is -2.17. The lowest BCUT2D eigenvalue weighted by Crippen LogP contribution is -2.13. The van der Waals surface area contributed by atoms with Gasteiger partial charge in [-0.05, 0) is 49.2 Å². The van der Waals surface area contributed by atoms with Gasteiger partial charge in [0.1, 0.15) is 22.9 Å². The third kappa shape index (κ3) is 6.26. The second kappa shape index (κ2) is 10.2. The number of nitrogens with zero attached hydrogens (tertiary/aromatic N) is 2. The second-order valence-corrected chi connectivity index (χ2v) is 7.36. The lowest BCUT2D eigenvalue weighted by molar-refractivity contribution is -0.137. The molecule has 2 aromatic carbocycles. The topological polar surface area (TPSA) is 68.3 Å². The van der Waals surface area contributed by atoms with Crippen LogP contribution < -0.4 is 20.1 Å². The van der Waals surface area contributed by atoms with Crippen molar-refractivity contribution in [3.8, 4) is 11.5 Å². The first kappa shape index (κ1) is 23.2. The minimum atomic E-state index is -4.63. The molecule has 0 saturated heterocycles. The van der Waals surface area contributed by atoms with Gasteiger partial charge in [-0.3, -0.25) is 0 Å². The summed E-state index contributed by atoms with van der Waals surface area (Å²) in [4.78, 5) is 7.92. The minimum Gasteiger partial charge on any atom is -0.494 e. The molecule has 3 rings (SSSR count). The number of rotatable bonds is 9. The summed E-state index contributed by atoms with van der Waals surface area (Å²) in [7, 11) is 0. The Kier molecular flexibility index (Phi) is 7.40. The summed E-state index contributed by atoms with van der Waals surface area (Å²) in [5.74, 6) is 1.03. The Morgan fingerprint density at radius 1 is 0.969 bits per heavy atom. The van der Waals surface area contributed by atoms with Gasteiger partial charge in [0.25, 0.3) is 0 Å². The van der Waals surface area contributed by atoms with E-state index in [2.05, 4.69) is 20.6 Å². The molecule has 0 saturated carbocycles. The monoisotopic (exact) mass is 446 g/mol. The summed E-state index contributed by atoms with van der Waals surface area (Å²) in [5.41, 5.74) is 0.0117. The molecular weight excluding hydrogens is 421 g/mol. The number of hydrogen-bond acceptors (Lipinski definition) is 6. The fourth-order valence-electron chi connectivity index (χ4n) is 2.75. The van der Waals surface area contributed by atoms with Crippen LogP contribution in [0.1, 0.15) is 26.3 Å². The molecule has 3 aromatic rings. The molecule has 0 unspecified atom stereocenters. The van der Waals surface area contributed by atoms with Crippen LogP contribution in [0.4, 0.5) is 36.3 Å². The molecule has 0 radical (unpaired) electrons. The molecule has 1 heterocycles. The summed E-state index contributed by atoms with van der Waals surface area (Å²) in [6.45, 7) is 6.82. The van der Waals surface area contributed by atoms with Crippen molar-refractivity contribution in [1.29, 1.82) is 0 Å². The quantitative estimate of drug-likeness (QED) is 0.396. The minimum absolute atomic E-state index is 0.0187. The summed E-state index contributed by atoms with van der Waals surface area (Å²) < 4.78 is 51.9. The van der Waals surface area contributed by atoms with Crippen molar-refractivity contribution in [2.24, 2.45) is 5.92 Å². The van der Waals surface area contributed by atoms with Gasteiger partial charge in [-0.25, -0.2) is 4.98 Å². The van der Waals surface area contributed by atoms with Crippen LogP contribution in [0.3, 0.4) is 0 Å². The van der Waals surface area contributed by atoms with Gasteiger partial charge in [0.2, 0.25) is 5.95 Å². The summed E-state index contributed by atoms with van der Waals surface area (Å²) in [6.07, 6.45) is -3.88. The fraction of sp³-hybridized carbons (Fsp3) is 0.304. The van der Waals surface area contributed by atoms with Gasteiger partial charge in [0, 0.05) is 11.9 Å². The van der Waals surface area contributed by atoms with Crippen LogP contribution in [0, 0.1) is 5.92 Å². The number of nitrogens with one attached hydrogen (secondary N) is 2. The third-order valence-electron chi connectivity index (χ3n) is 4.23. The SMILES string of the molecule is CCOc1ccc(Nc2ncc(C(F)(F)F)c(Nc3ccccc3OCC(C)C)n2)cc1. The fourth-order valence-corrected chi connectivity index (χ4v) is 2.75. The highest BCUT2D eigenvalue weighted by Crippen LogP contribution is 2.37. The van der Waals surface area contributed by atoms with Crippen molar-refractivity contribution < 1.29 is 22.6 Å². The zero-order valence-corrected chi connectivity index (χ0v) is 18.0. The molecule has 6 nitrogen and oxygen atoms in total. The Morgan fingerprint density at radius 3 is 2.34 bits per heavy atom. The summed E-state index contributed by atoms with van der Waals surface area (Å²) in [5, 5.41) is 5.68. The van der Waals surface area contributed by atoms with Gasteiger partial charge in [0.05, 0.1) is 18.9 Å². The molecule has 0 aliphatic carbocycles. The Morgan fingerprint density at radius 2 is 1.69 bits per heavy atom. The molecule has 170 valence electrons. The molecule has 0 bridgehead atoms. The van der Waals surface area contributed by atoms with E-state index >= 15 is 0 Å². The van der Waals surface area contributed by atoms with Crippen molar-refractivity contribution in [2.75, 3.05) is 23.8 Å². The predicted octanol–water partition coefficient (Wildman–Crippen LogP) is 6.42. The highest BCUT2D eigenvalue weighted by atomic mass is 19.4. The average Bonchev–Trinajstić information content (AvgIpc) is 2.74. The first-order valence-electron chi connectivity index (χ1n) is 10.2. The van der Waals surface area contributed by atoms with Crippen LogP contribution in [0.15, 0.2) is 54.7 Å². The van der Waals surface area contributed by atoms with Gasteiger partial charge >= 0.3 is 6.18 Å². The highest BCUT2D eigenvalue weighted by Gasteiger charge is 2.35. The molecule has 0 spiro atoms. The van der Waals surface area contributed by atoms with Crippen molar-refractivity contribution in [2.45, 2.75) is 26.9 Å². The first-order valence-corrected chi connectivity index (χ1v) is 10.2. The van der Waals surface area contributed by atoms with Crippen LogP contribution in [-0.2, 0) is 6.18 Å². The van der Waals surface area contributed by atoms with Crippen molar-refractivity contribution in [3.63, 3.8) is 0 Å². The van der Waals surface area contributed by atoms with Gasteiger partial charge in [-0.1, -0.05) is 26.0 Å². The van der Waals surface area contributed by atoms with Gasteiger partial charge in [-0.2, -0.15) is 18.2 Å². The van der Waals surface area contributed by atoms with E-state index in [1.165, 1.54) is 0 Å². The van der Waals surface area contributed by atoms with E-state index in [1.54, 1.807) is 48.5 Å². The van der Waals surface area contributed by atoms with Crippen molar-refractivity contribution >= 4 is 23.1 Å². The van der Waals surface area contributed by atoms with E-state index < -0.39 is 11.7 Å². The molecule has 0 aliphatic rings. The van der Waals surface area contributed by atoms with Gasteiger partial charge < -0.3 is 20.1 Å². The third-order valence-corrected chi connectivity index (χ3v) is 4.23. The Balaban J connectivity index is 1.89. The molecule has 0 atom stereocenters. The van der Waals surface area contributed by atoms with E-state index in [0.717, 1.165) is 6.20 Å². The molecule has 0 fully saturated rings. The lowest BCUT2D eigenvalue weighted by atomic mass is 10.2. The summed E-state index contributed by atoms with van der Waals surface area (Å²) >= 11 is 0. The Labute approximate surface area is 184 Å². The molecule has 32 heavy (non-hydrogen) atoms. The molecule has 2 N–H and O–H groups in total. The van der Waals surface area contributed by atoms with E-state index in [-0.39, 0.29) is 17.7 Å². The molecular formula is C23H25F3N4O2. The zero-order chi connectivity index (χ0) is 23.1. The number of hydrogen-bond donors (Lipinski definition) is 2. The number of aromatic nitrogens is 2. The second-order valence-electron chi connectivity index (χ2n) is 7.36. The number of anilines is 4. The smallest absolute Gasteiger partial charge is 0.421 e. The van der Waals surface area contributed by atoms with Gasteiger partial charge in [-0.15, -0.1) is 0 Å². The maximum Gasteiger partial charge on any atom is 0.421 e. The molecule has 1 aromatic heterocycles. The summed E-state index contributed by atoms with van der Waals surface area (Å²) in [6, 6.07) is 13.7. The number of benzene rings is 2. The highest BCUT2D eigenvalue weighted by molar-refractivity contribution is 5.67. The van der Waals surface area contributed by atoms with Gasteiger partial charge in [0.15, 0.2) is 0 Å².